The summed E-state index contributed by atoms with van der Waals surface area (Å²) < 4.78 is 1.86. The molecule has 0 saturated carbocycles. The molecule has 0 radical (unpaired) electrons. The molecule has 1 amide bonds. The van der Waals surface area contributed by atoms with Crippen molar-refractivity contribution in [2.45, 2.75) is 13.5 Å². The number of aromatic carboxylic acids is 1. The Morgan fingerprint density at radius 1 is 1.32 bits per heavy atom. The summed E-state index contributed by atoms with van der Waals surface area (Å²) in [5.74, 6) is -1.62. The Morgan fingerprint density at radius 2 is 2.05 bits per heavy atom. The summed E-state index contributed by atoms with van der Waals surface area (Å²) >= 11 is 3.18. The average Bonchev–Trinajstić information content (AvgIpc) is 2.45. The lowest BCUT2D eigenvalue weighted by Crippen LogP contribution is -2.28. The number of benzene rings is 1. The third kappa shape index (κ3) is 3.62. The molecular formula is C15H13BrN2O4. The summed E-state index contributed by atoms with van der Waals surface area (Å²) in [6.07, 6.45) is 1.51. The van der Waals surface area contributed by atoms with Crippen molar-refractivity contribution in [2.24, 2.45) is 0 Å². The van der Waals surface area contributed by atoms with E-state index in [9.17, 15) is 14.4 Å². The molecule has 2 N–H and O–H groups in total. The van der Waals surface area contributed by atoms with Crippen LogP contribution in [-0.4, -0.2) is 21.6 Å². The predicted octanol–water partition coefficient (Wildman–Crippen LogP) is 2.26. The van der Waals surface area contributed by atoms with Gasteiger partial charge in [-0.1, -0.05) is 22.0 Å². The van der Waals surface area contributed by atoms with Crippen LogP contribution in [0.15, 0.2) is 45.8 Å². The van der Waals surface area contributed by atoms with E-state index in [0.29, 0.717) is 10.0 Å². The van der Waals surface area contributed by atoms with Gasteiger partial charge in [0.1, 0.15) is 6.54 Å². The number of hydrogen-bond acceptors (Lipinski definition) is 3. The highest BCUT2D eigenvalue weighted by Crippen LogP contribution is 2.21. The fourth-order valence-corrected chi connectivity index (χ4v) is 2.29. The first-order chi connectivity index (χ1) is 10.4. The first-order valence-electron chi connectivity index (χ1n) is 6.37. The van der Waals surface area contributed by atoms with Crippen molar-refractivity contribution in [3.8, 4) is 0 Å². The van der Waals surface area contributed by atoms with Gasteiger partial charge in [-0.05, 0) is 31.2 Å². The molecule has 0 aliphatic rings. The molecule has 7 heteroatoms. The van der Waals surface area contributed by atoms with E-state index in [4.69, 9.17) is 5.11 Å². The molecule has 22 heavy (non-hydrogen) atoms. The quantitative estimate of drug-likeness (QED) is 0.870. The number of aromatic nitrogens is 1. The molecule has 2 rings (SSSR count). The van der Waals surface area contributed by atoms with Crippen molar-refractivity contribution in [2.75, 3.05) is 5.32 Å². The summed E-state index contributed by atoms with van der Waals surface area (Å²) in [6.45, 7) is 1.48. The van der Waals surface area contributed by atoms with Crippen LogP contribution in [0, 0.1) is 6.92 Å². The normalized spacial score (nSPS) is 10.3. The number of anilines is 1. The molecule has 0 atom stereocenters. The number of pyridine rings is 1. The number of carboxylic acids is 1. The number of nitrogens with one attached hydrogen (secondary N) is 1. The molecule has 0 aliphatic heterocycles. The van der Waals surface area contributed by atoms with E-state index in [1.165, 1.54) is 22.9 Å². The Morgan fingerprint density at radius 3 is 2.73 bits per heavy atom. The van der Waals surface area contributed by atoms with E-state index in [1.807, 2.05) is 0 Å². The van der Waals surface area contributed by atoms with Crippen molar-refractivity contribution in [3.63, 3.8) is 0 Å². The summed E-state index contributed by atoms with van der Waals surface area (Å²) in [7, 11) is 0. The van der Waals surface area contributed by atoms with Crippen molar-refractivity contribution < 1.29 is 14.7 Å². The van der Waals surface area contributed by atoms with Crippen LogP contribution in [0.5, 0.6) is 0 Å². The number of carbonyl (C=O) groups excluding carboxylic acids is 1. The van der Waals surface area contributed by atoms with Gasteiger partial charge in [0.2, 0.25) is 5.91 Å². The minimum atomic E-state index is -1.15. The largest absolute Gasteiger partial charge is 0.478 e. The van der Waals surface area contributed by atoms with E-state index in [1.54, 1.807) is 25.1 Å². The molecule has 6 nitrogen and oxygen atoms in total. The minimum absolute atomic E-state index is 0.0284. The van der Waals surface area contributed by atoms with E-state index in [-0.39, 0.29) is 23.4 Å². The van der Waals surface area contributed by atoms with Crippen LogP contribution in [0.2, 0.25) is 0 Å². The standard InChI is InChI=1S/C15H13BrN2O4/c1-9-3-2-6-18(14(9)20)8-13(19)17-12-5-4-10(16)7-11(12)15(21)22/h2-7H,8H2,1H3,(H,17,19)(H,21,22). The highest BCUT2D eigenvalue weighted by Gasteiger charge is 2.13. The lowest BCUT2D eigenvalue weighted by molar-refractivity contribution is -0.116. The maximum absolute atomic E-state index is 12.0. The first kappa shape index (κ1) is 16.0. The highest BCUT2D eigenvalue weighted by atomic mass is 79.9. The summed E-state index contributed by atoms with van der Waals surface area (Å²) in [4.78, 5) is 35.1. The molecule has 0 fully saturated rings. The number of carbonyl (C=O) groups is 2. The molecule has 0 spiro atoms. The lowest BCUT2D eigenvalue weighted by atomic mass is 10.2. The average molecular weight is 365 g/mol. The van der Waals surface area contributed by atoms with Crippen molar-refractivity contribution >= 4 is 33.5 Å². The lowest BCUT2D eigenvalue weighted by Gasteiger charge is -2.10. The minimum Gasteiger partial charge on any atom is -0.478 e. The van der Waals surface area contributed by atoms with Gasteiger partial charge in [0.25, 0.3) is 5.56 Å². The number of nitrogens with zero attached hydrogens (tertiary/aromatic N) is 1. The Balaban J connectivity index is 2.21. The summed E-state index contributed by atoms with van der Waals surface area (Å²) in [6, 6.07) is 7.85. The van der Waals surface area contributed by atoms with Gasteiger partial charge in [-0.25, -0.2) is 4.79 Å². The van der Waals surface area contributed by atoms with Gasteiger partial charge in [0.05, 0.1) is 11.3 Å². The number of carboxylic acid groups (broad SMARTS) is 1. The van der Waals surface area contributed by atoms with Gasteiger partial charge >= 0.3 is 5.97 Å². The summed E-state index contributed by atoms with van der Waals surface area (Å²) in [5.41, 5.74) is 0.429. The zero-order valence-electron chi connectivity index (χ0n) is 11.7. The molecule has 0 saturated heterocycles. The van der Waals surface area contributed by atoms with Crippen LogP contribution in [0.1, 0.15) is 15.9 Å². The second-order valence-corrected chi connectivity index (χ2v) is 5.58. The predicted molar refractivity (Wildman–Crippen MR) is 85.2 cm³/mol. The molecule has 0 aliphatic carbocycles. The number of rotatable bonds is 4. The second-order valence-electron chi connectivity index (χ2n) is 4.67. The molecule has 1 aromatic heterocycles. The smallest absolute Gasteiger partial charge is 0.337 e. The third-order valence-corrected chi connectivity index (χ3v) is 3.50. The molecular weight excluding hydrogens is 352 g/mol. The van der Waals surface area contributed by atoms with Gasteiger partial charge in [-0.15, -0.1) is 0 Å². The Bertz CT molecular complexity index is 798. The highest BCUT2D eigenvalue weighted by molar-refractivity contribution is 9.10. The van der Waals surface area contributed by atoms with Gasteiger partial charge in [-0.2, -0.15) is 0 Å². The molecule has 114 valence electrons. The van der Waals surface area contributed by atoms with Crippen molar-refractivity contribution in [1.82, 2.24) is 4.57 Å². The maximum atomic E-state index is 12.0. The number of aryl methyl sites for hydroxylation is 1. The van der Waals surface area contributed by atoms with E-state index >= 15 is 0 Å². The second kappa shape index (κ2) is 6.57. The number of hydrogen-bond donors (Lipinski definition) is 2. The van der Waals surface area contributed by atoms with E-state index < -0.39 is 11.9 Å². The Labute approximate surface area is 134 Å². The number of amides is 1. The monoisotopic (exact) mass is 364 g/mol. The van der Waals surface area contributed by atoms with Crippen LogP contribution >= 0.6 is 15.9 Å². The molecule has 2 aromatic rings. The zero-order chi connectivity index (χ0) is 16.3. The molecule has 0 unspecified atom stereocenters. The van der Waals surface area contributed by atoms with E-state index in [0.717, 1.165) is 0 Å². The van der Waals surface area contributed by atoms with Crippen molar-refractivity contribution in [3.05, 3.63) is 62.5 Å². The third-order valence-electron chi connectivity index (χ3n) is 3.01. The van der Waals surface area contributed by atoms with Gasteiger partial charge < -0.3 is 15.0 Å². The molecule has 0 bridgehead atoms. The molecule has 1 heterocycles. The Kier molecular flexibility index (Phi) is 4.77. The van der Waals surface area contributed by atoms with Crippen LogP contribution in [0.4, 0.5) is 5.69 Å². The number of halogens is 1. The first-order valence-corrected chi connectivity index (χ1v) is 7.16. The maximum Gasteiger partial charge on any atom is 0.337 e. The van der Waals surface area contributed by atoms with Gasteiger partial charge in [0.15, 0.2) is 0 Å². The fourth-order valence-electron chi connectivity index (χ4n) is 1.93. The van der Waals surface area contributed by atoms with E-state index in [2.05, 4.69) is 21.2 Å². The zero-order valence-corrected chi connectivity index (χ0v) is 13.3. The van der Waals surface area contributed by atoms with Gasteiger partial charge in [0, 0.05) is 16.2 Å². The van der Waals surface area contributed by atoms with Crippen LogP contribution in [0.3, 0.4) is 0 Å². The van der Waals surface area contributed by atoms with Crippen LogP contribution in [-0.2, 0) is 11.3 Å². The Hall–Kier alpha value is -2.41. The van der Waals surface area contributed by atoms with Gasteiger partial charge in [-0.3, -0.25) is 9.59 Å². The SMILES string of the molecule is Cc1cccn(CC(=O)Nc2ccc(Br)cc2C(=O)O)c1=O. The summed E-state index contributed by atoms with van der Waals surface area (Å²) in [5, 5.41) is 11.7. The van der Waals surface area contributed by atoms with Crippen LogP contribution in [0.25, 0.3) is 0 Å². The van der Waals surface area contributed by atoms with Crippen LogP contribution < -0.4 is 10.9 Å². The molecule has 1 aromatic carbocycles. The topological polar surface area (TPSA) is 88.4 Å². The fraction of sp³-hybridized carbons (Fsp3) is 0.133. The van der Waals surface area contributed by atoms with Crippen molar-refractivity contribution in [1.29, 1.82) is 0 Å².